The summed E-state index contributed by atoms with van der Waals surface area (Å²) in [6, 6.07) is 12.2. The number of benzene rings is 1. The van der Waals surface area contributed by atoms with Crippen LogP contribution in [0.4, 0.5) is 5.69 Å². The highest BCUT2D eigenvalue weighted by Gasteiger charge is 2.44. The van der Waals surface area contributed by atoms with Gasteiger partial charge >= 0.3 is 0 Å². The third-order valence-corrected chi connectivity index (χ3v) is 6.30. The molecule has 31 heavy (non-hydrogen) atoms. The second-order valence-electron chi connectivity index (χ2n) is 8.26. The molecule has 1 amide bonds. The van der Waals surface area contributed by atoms with E-state index in [2.05, 4.69) is 27.8 Å². The summed E-state index contributed by atoms with van der Waals surface area (Å²) < 4.78 is 0. The standard InChI is InChI=1S/C23H30N4O2.2ClH/c28-21-9-12-25-16-23(21)10-4-14-27(17-23)22(29)19-15-24-11-8-20(19)26-13-7-18-5-2-1-3-6-18;;/h1-3,5-6,8,11,15,21,25,28H,4,7,9-10,12-14,16-17H2,(H,24,26);2*1H/t21-,23-;;/m0../s1. The number of anilines is 1. The number of nitrogens with zero attached hydrogens (tertiary/aromatic N) is 2. The number of amides is 1. The van der Waals surface area contributed by atoms with E-state index in [0.29, 0.717) is 12.1 Å². The van der Waals surface area contributed by atoms with Gasteiger partial charge in [0.2, 0.25) is 0 Å². The highest BCUT2D eigenvalue weighted by Crippen LogP contribution is 2.37. The molecule has 0 radical (unpaired) electrons. The van der Waals surface area contributed by atoms with Crippen molar-refractivity contribution in [3.05, 3.63) is 59.9 Å². The fourth-order valence-corrected chi connectivity index (χ4v) is 4.63. The number of carbonyl (C=O) groups is 1. The molecule has 2 atom stereocenters. The van der Waals surface area contributed by atoms with Crippen molar-refractivity contribution in [2.24, 2.45) is 5.41 Å². The molecule has 3 heterocycles. The van der Waals surface area contributed by atoms with E-state index < -0.39 is 0 Å². The van der Waals surface area contributed by atoms with Gasteiger partial charge in [0, 0.05) is 44.0 Å². The average molecular weight is 467 g/mol. The van der Waals surface area contributed by atoms with Crippen LogP contribution in [0.1, 0.15) is 35.2 Å². The molecule has 0 aliphatic carbocycles. The minimum atomic E-state index is -0.350. The highest BCUT2D eigenvalue weighted by molar-refractivity contribution is 5.99. The molecule has 0 bridgehead atoms. The Hall–Kier alpha value is -1.86. The average Bonchev–Trinajstić information content (AvgIpc) is 2.77. The van der Waals surface area contributed by atoms with Gasteiger partial charge in [0.15, 0.2) is 0 Å². The maximum absolute atomic E-state index is 13.3. The zero-order valence-corrected chi connectivity index (χ0v) is 19.3. The minimum Gasteiger partial charge on any atom is -0.392 e. The van der Waals surface area contributed by atoms with Gasteiger partial charge in [-0.25, -0.2) is 0 Å². The summed E-state index contributed by atoms with van der Waals surface area (Å²) >= 11 is 0. The number of aromatic nitrogens is 1. The highest BCUT2D eigenvalue weighted by atomic mass is 35.5. The number of hydrogen-bond acceptors (Lipinski definition) is 5. The Kier molecular flexibility index (Phi) is 9.56. The van der Waals surface area contributed by atoms with E-state index in [4.69, 9.17) is 0 Å². The normalized spacial score (nSPS) is 22.9. The Balaban J connectivity index is 0.00000171. The molecule has 0 unspecified atom stereocenters. The first kappa shape index (κ1) is 25.4. The second-order valence-corrected chi connectivity index (χ2v) is 8.26. The van der Waals surface area contributed by atoms with Crippen molar-refractivity contribution in [1.29, 1.82) is 0 Å². The van der Waals surface area contributed by atoms with Crippen molar-refractivity contribution in [2.75, 3.05) is 38.0 Å². The van der Waals surface area contributed by atoms with Crippen LogP contribution in [0, 0.1) is 5.41 Å². The van der Waals surface area contributed by atoms with Gasteiger partial charge < -0.3 is 20.6 Å². The number of piperidine rings is 2. The largest absolute Gasteiger partial charge is 0.392 e. The Labute approximate surface area is 196 Å². The number of carbonyl (C=O) groups excluding carboxylic acids is 1. The smallest absolute Gasteiger partial charge is 0.257 e. The van der Waals surface area contributed by atoms with Gasteiger partial charge in [-0.05, 0) is 43.9 Å². The van der Waals surface area contributed by atoms with Crippen LogP contribution in [0.5, 0.6) is 0 Å². The van der Waals surface area contributed by atoms with Gasteiger partial charge in [-0.2, -0.15) is 0 Å². The van der Waals surface area contributed by atoms with Crippen molar-refractivity contribution >= 4 is 36.4 Å². The molecule has 2 saturated heterocycles. The number of hydrogen-bond donors (Lipinski definition) is 3. The topological polar surface area (TPSA) is 77.5 Å². The van der Waals surface area contributed by atoms with Gasteiger partial charge in [-0.3, -0.25) is 9.78 Å². The minimum absolute atomic E-state index is 0. The third kappa shape index (κ3) is 5.89. The van der Waals surface area contributed by atoms with Crippen molar-refractivity contribution in [1.82, 2.24) is 15.2 Å². The number of likely N-dealkylation sites (tertiary alicyclic amines) is 1. The molecule has 8 heteroatoms. The molecule has 2 fully saturated rings. The van der Waals surface area contributed by atoms with Gasteiger partial charge in [-0.1, -0.05) is 30.3 Å². The molecule has 3 N–H and O–H groups in total. The first-order chi connectivity index (χ1) is 14.2. The first-order valence-corrected chi connectivity index (χ1v) is 10.6. The van der Waals surface area contributed by atoms with Crippen LogP contribution in [0.3, 0.4) is 0 Å². The Bertz CT molecular complexity index is 835. The zero-order chi connectivity index (χ0) is 20.1. The summed E-state index contributed by atoms with van der Waals surface area (Å²) in [5.41, 5.74) is 2.47. The van der Waals surface area contributed by atoms with E-state index in [1.165, 1.54) is 5.56 Å². The van der Waals surface area contributed by atoms with Gasteiger partial charge in [0.05, 0.1) is 17.4 Å². The zero-order valence-electron chi connectivity index (χ0n) is 17.6. The fraction of sp³-hybridized carbons (Fsp3) is 0.478. The van der Waals surface area contributed by atoms with Crippen LogP contribution in [0.2, 0.25) is 0 Å². The lowest BCUT2D eigenvalue weighted by atomic mass is 9.72. The lowest BCUT2D eigenvalue weighted by Gasteiger charge is -2.48. The molecule has 6 nitrogen and oxygen atoms in total. The van der Waals surface area contributed by atoms with E-state index in [0.717, 1.165) is 57.5 Å². The molecule has 170 valence electrons. The van der Waals surface area contributed by atoms with Crippen molar-refractivity contribution in [2.45, 2.75) is 31.8 Å². The summed E-state index contributed by atoms with van der Waals surface area (Å²) in [4.78, 5) is 19.4. The number of aliphatic hydroxyl groups is 1. The summed E-state index contributed by atoms with van der Waals surface area (Å²) in [5.74, 6) is -0.00263. The van der Waals surface area contributed by atoms with Crippen LogP contribution in [0.25, 0.3) is 0 Å². The summed E-state index contributed by atoms with van der Waals surface area (Å²) in [7, 11) is 0. The van der Waals surface area contributed by atoms with Crippen LogP contribution < -0.4 is 10.6 Å². The molecule has 2 aliphatic rings. The number of aliphatic hydroxyl groups excluding tert-OH is 1. The molecule has 1 aromatic heterocycles. The predicted molar refractivity (Wildman–Crippen MR) is 128 cm³/mol. The first-order valence-electron chi connectivity index (χ1n) is 10.6. The monoisotopic (exact) mass is 466 g/mol. The fourth-order valence-electron chi connectivity index (χ4n) is 4.63. The van der Waals surface area contributed by atoms with E-state index >= 15 is 0 Å². The second kappa shape index (κ2) is 11.7. The Morgan fingerprint density at radius 2 is 2.06 bits per heavy atom. The van der Waals surface area contributed by atoms with E-state index in [1.807, 2.05) is 29.2 Å². The summed E-state index contributed by atoms with van der Waals surface area (Å²) in [6.45, 7) is 3.69. The quantitative estimate of drug-likeness (QED) is 0.630. The van der Waals surface area contributed by atoms with Crippen LogP contribution in [-0.4, -0.2) is 59.7 Å². The van der Waals surface area contributed by atoms with Crippen LogP contribution >= 0.6 is 24.8 Å². The molecule has 2 aromatic rings. The number of pyridine rings is 1. The maximum atomic E-state index is 13.3. The molecule has 2 aliphatic heterocycles. The molecule has 1 spiro atoms. The maximum Gasteiger partial charge on any atom is 0.257 e. The number of rotatable bonds is 5. The third-order valence-electron chi connectivity index (χ3n) is 6.30. The van der Waals surface area contributed by atoms with E-state index in [-0.39, 0.29) is 42.2 Å². The number of nitrogens with one attached hydrogen (secondary N) is 2. The SMILES string of the molecule is Cl.Cl.O=C(c1cnccc1NCCc1ccccc1)N1CCC[C@]2(CNCC[C@@H]2O)C1. The predicted octanol–water partition coefficient (Wildman–Crippen LogP) is 3.16. The van der Waals surface area contributed by atoms with Gasteiger partial charge in [0.25, 0.3) is 5.91 Å². The lowest BCUT2D eigenvalue weighted by molar-refractivity contribution is -0.0432. The van der Waals surface area contributed by atoms with Crippen LogP contribution in [0.15, 0.2) is 48.8 Å². The molecule has 4 rings (SSSR count). The van der Waals surface area contributed by atoms with Crippen molar-refractivity contribution in [3.8, 4) is 0 Å². The molecule has 1 aromatic carbocycles. The number of halogens is 2. The van der Waals surface area contributed by atoms with Crippen molar-refractivity contribution in [3.63, 3.8) is 0 Å². The summed E-state index contributed by atoms with van der Waals surface area (Å²) in [6.07, 6.45) is 6.54. The van der Waals surface area contributed by atoms with Gasteiger partial charge in [0.1, 0.15) is 0 Å². The van der Waals surface area contributed by atoms with E-state index in [9.17, 15) is 9.90 Å². The van der Waals surface area contributed by atoms with Gasteiger partial charge in [-0.15, -0.1) is 24.8 Å². The molecular formula is C23H32Cl2N4O2. The molecule has 0 saturated carbocycles. The Morgan fingerprint density at radius 1 is 1.26 bits per heavy atom. The summed E-state index contributed by atoms with van der Waals surface area (Å²) in [5, 5.41) is 17.5. The Morgan fingerprint density at radius 3 is 2.84 bits per heavy atom. The lowest BCUT2D eigenvalue weighted by Crippen LogP contribution is -2.58. The van der Waals surface area contributed by atoms with Crippen LogP contribution in [-0.2, 0) is 6.42 Å². The van der Waals surface area contributed by atoms with Crippen molar-refractivity contribution < 1.29 is 9.90 Å². The van der Waals surface area contributed by atoms with E-state index in [1.54, 1.807) is 12.4 Å². The molecular weight excluding hydrogens is 435 g/mol.